The minimum atomic E-state index is -4.68. The summed E-state index contributed by atoms with van der Waals surface area (Å²) in [6, 6.07) is 2.15. The third-order valence-electron chi connectivity index (χ3n) is 3.64. The number of halogens is 4. The number of carbonyl (C=O) groups is 1. The Balaban J connectivity index is 2.22. The van der Waals surface area contributed by atoms with Gasteiger partial charge in [-0.3, -0.25) is 0 Å². The van der Waals surface area contributed by atoms with Gasteiger partial charge in [0.15, 0.2) is 0 Å². The zero-order valence-electron chi connectivity index (χ0n) is 13.2. The molecule has 1 amide bonds. The summed E-state index contributed by atoms with van der Waals surface area (Å²) in [6.45, 7) is 1.87. The van der Waals surface area contributed by atoms with E-state index in [4.69, 9.17) is 16.3 Å². The molecule has 1 heterocycles. The highest BCUT2D eigenvalue weighted by Crippen LogP contribution is 2.34. The molecule has 0 saturated carbocycles. The molecule has 0 aliphatic carbocycles. The van der Waals surface area contributed by atoms with Crippen molar-refractivity contribution in [3.05, 3.63) is 28.8 Å². The standard InChI is InChI=1S/C14H16ClF3N2O4S/c1-2-24-13(21)19-5-7-20(8-6-19)25(22,23)12-9-10(14(16,17)18)3-4-11(12)15/h3-4,9H,2,5-8H2,1H3. The fraction of sp³-hybridized carbons (Fsp3) is 0.500. The third-order valence-corrected chi connectivity index (χ3v) is 6.02. The quantitative estimate of drug-likeness (QED) is 0.782. The van der Waals surface area contributed by atoms with Crippen LogP contribution >= 0.6 is 11.6 Å². The van der Waals surface area contributed by atoms with E-state index >= 15 is 0 Å². The van der Waals surface area contributed by atoms with Crippen molar-refractivity contribution in [3.8, 4) is 0 Å². The van der Waals surface area contributed by atoms with E-state index in [9.17, 15) is 26.4 Å². The highest BCUT2D eigenvalue weighted by Gasteiger charge is 2.36. The molecule has 11 heteroatoms. The van der Waals surface area contributed by atoms with Crippen LogP contribution in [0, 0.1) is 0 Å². The predicted molar refractivity (Wildman–Crippen MR) is 83.8 cm³/mol. The summed E-state index contributed by atoms with van der Waals surface area (Å²) in [5.74, 6) is 0. The number of hydrogen-bond acceptors (Lipinski definition) is 4. The Hall–Kier alpha value is -1.52. The molecule has 6 nitrogen and oxygen atoms in total. The van der Waals surface area contributed by atoms with E-state index in [1.54, 1.807) is 6.92 Å². The van der Waals surface area contributed by atoms with Crippen LogP contribution in [0.4, 0.5) is 18.0 Å². The van der Waals surface area contributed by atoms with Crippen LogP contribution in [0.2, 0.25) is 5.02 Å². The molecular weight excluding hydrogens is 385 g/mol. The van der Waals surface area contributed by atoms with Crippen molar-refractivity contribution in [3.63, 3.8) is 0 Å². The van der Waals surface area contributed by atoms with Crippen LogP contribution in [-0.4, -0.2) is 56.5 Å². The average Bonchev–Trinajstić information content (AvgIpc) is 2.54. The molecular formula is C14H16ClF3N2O4S. The van der Waals surface area contributed by atoms with Crippen LogP contribution < -0.4 is 0 Å². The first kappa shape index (κ1) is 19.8. The van der Waals surface area contributed by atoms with Gasteiger partial charge in [0.1, 0.15) is 4.90 Å². The molecule has 1 aromatic carbocycles. The summed E-state index contributed by atoms with van der Waals surface area (Å²) < 4.78 is 69.6. The van der Waals surface area contributed by atoms with Crippen LogP contribution in [0.1, 0.15) is 12.5 Å². The Labute approximate surface area is 148 Å². The molecule has 0 radical (unpaired) electrons. The molecule has 0 N–H and O–H groups in total. The lowest BCUT2D eigenvalue weighted by atomic mass is 10.2. The van der Waals surface area contributed by atoms with E-state index in [1.807, 2.05) is 0 Å². The summed E-state index contributed by atoms with van der Waals surface area (Å²) in [5, 5.41) is -0.291. The maximum Gasteiger partial charge on any atom is 0.416 e. The molecule has 0 bridgehead atoms. The van der Waals surface area contributed by atoms with Crippen LogP contribution in [0.25, 0.3) is 0 Å². The molecule has 0 aromatic heterocycles. The van der Waals surface area contributed by atoms with Gasteiger partial charge in [0.05, 0.1) is 17.2 Å². The first-order chi connectivity index (χ1) is 11.6. The van der Waals surface area contributed by atoms with Gasteiger partial charge in [0.25, 0.3) is 0 Å². The highest BCUT2D eigenvalue weighted by molar-refractivity contribution is 7.89. The van der Waals surface area contributed by atoms with Crippen molar-refractivity contribution < 1.29 is 31.1 Å². The van der Waals surface area contributed by atoms with Gasteiger partial charge in [0.2, 0.25) is 10.0 Å². The number of carbonyl (C=O) groups excluding carboxylic acids is 1. The van der Waals surface area contributed by atoms with Crippen molar-refractivity contribution in [2.45, 2.75) is 18.0 Å². The Bertz CT molecular complexity index is 747. The monoisotopic (exact) mass is 400 g/mol. The molecule has 0 unspecified atom stereocenters. The maximum atomic E-state index is 12.8. The Morgan fingerprint density at radius 1 is 1.24 bits per heavy atom. The van der Waals surface area contributed by atoms with E-state index in [2.05, 4.69) is 0 Å². The fourth-order valence-electron chi connectivity index (χ4n) is 2.34. The van der Waals surface area contributed by atoms with Crippen molar-refractivity contribution in [2.24, 2.45) is 0 Å². The molecule has 25 heavy (non-hydrogen) atoms. The zero-order valence-corrected chi connectivity index (χ0v) is 14.8. The predicted octanol–water partition coefficient (Wildman–Crippen LogP) is 2.82. The average molecular weight is 401 g/mol. The second-order valence-electron chi connectivity index (χ2n) is 5.23. The topological polar surface area (TPSA) is 66.9 Å². The van der Waals surface area contributed by atoms with Crippen molar-refractivity contribution >= 4 is 27.7 Å². The molecule has 1 saturated heterocycles. The number of nitrogens with zero attached hydrogens (tertiary/aromatic N) is 2. The van der Waals surface area contributed by atoms with Crippen LogP contribution in [0.15, 0.2) is 23.1 Å². The van der Waals surface area contributed by atoms with Gasteiger partial charge in [-0.15, -0.1) is 0 Å². The van der Waals surface area contributed by atoms with Crippen molar-refractivity contribution in [1.29, 1.82) is 0 Å². The molecule has 1 fully saturated rings. The lowest BCUT2D eigenvalue weighted by Crippen LogP contribution is -2.50. The fourth-order valence-corrected chi connectivity index (χ4v) is 4.26. The zero-order chi connectivity index (χ0) is 18.8. The van der Waals surface area contributed by atoms with Gasteiger partial charge in [-0.25, -0.2) is 13.2 Å². The summed E-state index contributed by atoms with van der Waals surface area (Å²) >= 11 is 5.81. The number of amides is 1. The summed E-state index contributed by atoms with van der Waals surface area (Å²) in [7, 11) is -4.21. The molecule has 0 atom stereocenters. The van der Waals surface area contributed by atoms with E-state index < -0.39 is 32.8 Å². The molecule has 0 spiro atoms. The molecule has 2 rings (SSSR count). The third kappa shape index (κ3) is 4.36. The van der Waals surface area contributed by atoms with E-state index in [0.29, 0.717) is 6.07 Å². The lowest BCUT2D eigenvalue weighted by Gasteiger charge is -2.33. The summed E-state index contributed by atoms with van der Waals surface area (Å²) in [6.07, 6.45) is -5.24. The Kier molecular flexibility index (Phi) is 5.85. The second-order valence-corrected chi connectivity index (χ2v) is 7.55. The lowest BCUT2D eigenvalue weighted by molar-refractivity contribution is -0.137. The van der Waals surface area contributed by atoms with E-state index in [-0.39, 0.29) is 37.8 Å². The minimum Gasteiger partial charge on any atom is -0.450 e. The number of benzene rings is 1. The smallest absolute Gasteiger partial charge is 0.416 e. The van der Waals surface area contributed by atoms with Gasteiger partial charge in [0, 0.05) is 26.2 Å². The molecule has 1 aliphatic rings. The van der Waals surface area contributed by atoms with E-state index in [1.165, 1.54) is 4.90 Å². The number of rotatable bonds is 3. The second kappa shape index (κ2) is 7.38. The van der Waals surface area contributed by atoms with Crippen LogP contribution in [0.3, 0.4) is 0 Å². The van der Waals surface area contributed by atoms with Crippen molar-refractivity contribution in [2.75, 3.05) is 32.8 Å². The SMILES string of the molecule is CCOC(=O)N1CCN(S(=O)(=O)c2cc(C(F)(F)F)ccc2Cl)CC1. The first-order valence-corrected chi connectivity index (χ1v) is 9.17. The number of sulfonamides is 1. The van der Waals surface area contributed by atoms with Crippen LogP contribution in [0.5, 0.6) is 0 Å². The summed E-state index contributed by atoms with van der Waals surface area (Å²) in [5.41, 5.74) is -1.10. The molecule has 1 aromatic rings. The number of ether oxygens (including phenoxy) is 1. The van der Waals surface area contributed by atoms with Crippen molar-refractivity contribution in [1.82, 2.24) is 9.21 Å². The van der Waals surface area contributed by atoms with E-state index in [0.717, 1.165) is 16.4 Å². The van der Waals surface area contributed by atoms with Gasteiger partial charge in [-0.05, 0) is 25.1 Å². The summed E-state index contributed by atoms with van der Waals surface area (Å²) in [4.78, 5) is 12.4. The number of hydrogen-bond donors (Lipinski definition) is 0. The molecule has 1 aliphatic heterocycles. The first-order valence-electron chi connectivity index (χ1n) is 7.36. The van der Waals surface area contributed by atoms with Gasteiger partial charge >= 0.3 is 12.3 Å². The van der Waals surface area contributed by atoms with Gasteiger partial charge in [-0.2, -0.15) is 17.5 Å². The van der Waals surface area contributed by atoms with Gasteiger partial charge in [-0.1, -0.05) is 11.6 Å². The largest absolute Gasteiger partial charge is 0.450 e. The maximum absolute atomic E-state index is 12.8. The molecule has 140 valence electrons. The number of piperazine rings is 1. The Morgan fingerprint density at radius 2 is 1.84 bits per heavy atom. The minimum absolute atomic E-state index is 0.0618. The van der Waals surface area contributed by atoms with Gasteiger partial charge < -0.3 is 9.64 Å². The highest BCUT2D eigenvalue weighted by atomic mass is 35.5. The Morgan fingerprint density at radius 3 is 2.36 bits per heavy atom. The van der Waals surface area contributed by atoms with Crippen LogP contribution in [-0.2, 0) is 20.9 Å². The number of alkyl halides is 3. The normalized spacial score (nSPS) is 16.8.